The van der Waals surface area contributed by atoms with Gasteiger partial charge < -0.3 is 10.3 Å². The van der Waals surface area contributed by atoms with Crippen molar-refractivity contribution in [1.82, 2.24) is 10.4 Å². The Hall–Kier alpha value is -3.90. The minimum absolute atomic E-state index is 0.280. The van der Waals surface area contributed by atoms with Crippen LogP contribution in [0.25, 0.3) is 10.9 Å². The lowest BCUT2D eigenvalue weighted by atomic mass is 10.1. The molecular formula is C23H17ClN4O2. The molecule has 6 nitrogen and oxygen atoms in total. The fourth-order valence-electron chi connectivity index (χ4n) is 2.96. The highest BCUT2D eigenvalue weighted by molar-refractivity contribution is 6.31. The van der Waals surface area contributed by atoms with Gasteiger partial charge in [0.15, 0.2) is 0 Å². The summed E-state index contributed by atoms with van der Waals surface area (Å²) < 4.78 is 0. The number of fused-ring (bicyclic) bond motifs is 1. The Morgan fingerprint density at radius 1 is 0.900 bits per heavy atom. The molecule has 0 bridgehead atoms. The van der Waals surface area contributed by atoms with Crippen molar-refractivity contribution in [2.24, 2.45) is 5.10 Å². The summed E-state index contributed by atoms with van der Waals surface area (Å²) in [6.45, 7) is 0. The molecule has 0 saturated heterocycles. The number of benzene rings is 3. The number of hydrogen-bond donors (Lipinski definition) is 3. The SMILES string of the molecule is O=C(N/N=C/c1c[nH]c2ccccc12)c1ccc(NC(=O)c2cccc(Cl)c2)cc1. The molecule has 4 aromatic rings. The van der Waals surface area contributed by atoms with Gasteiger partial charge in [0.25, 0.3) is 11.8 Å². The molecule has 0 spiro atoms. The Labute approximate surface area is 177 Å². The lowest BCUT2D eigenvalue weighted by molar-refractivity contribution is 0.0954. The van der Waals surface area contributed by atoms with Gasteiger partial charge in [0.1, 0.15) is 0 Å². The van der Waals surface area contributed by atoms with Crippen LogP contribution in [0.5, 0.6) is 0 Å². The first-order chi connectivity index (χ1) is 14.6. The number of hydrazone groups is 1. The van der Waals surface area contributed by atoms with Gasteiger partial charge in [-0.2, -0.15) is 5.10 Å². The number of para-hydroxylation sites is 1. The van der Waals surface area contributed by atoms with Crippen molar-refractivity contribution < 1.29 is 9.59 Å². The summed E-state index contributed by atoms with van der Waals surface area (Å²) in [4.78, 5) is 27.7. The topological polar surface area (TPSA) is 86.3 Å². The Balaban J connectivity index is 1.37. The van der Waals surface area contributed by atoms with Crippen LogP contribution >= 0.6 is 11.6 Å². The Kier molecular flexibility index (Phi) is 5.59. The number of aromatic amines is 1. The van der Waals surface area contributed by atoms with Gasteiger partial charge in [-0.25, -0.2) is 5.43 Å². The molecular weight excluding hydrogens is 400 g/mol. The van der Waals surface area contributed by atoms with E-state index in [-0.39, 0.29) is 11.8 Å². The number of anilines is 1. The van der Waals surface area contributed by atoms with Gasteiger partial charge in [-0.15, -0.1) is 0 Å². The third kappa shape index (κ3) is 4.39. The van der Waals surface area contributed by atoms with Crippen LogP contribution in [0, 0.1) is 0 Å². The van der Waals surface area contributed by atoms with Crippen LogP contribution in [0.3, 0.4) is 0 Å². The van der Waals surface area contributed by atoms with Crippen LogP contribution in [0.4, 0.5) is 5.69 Å². The molecule has 7 heteroatoms. The van der Waals surface area contributed by atoms with Crippen molar-refractivity contribution in [2.75, 3.05) is 5.32 Å². The monoisotopic (exact) mass is 416 g/mol. The van der Waals surface area contributed by atoms with E-state index in [1.165, 1.54) is 0 Å². The van der Waals surface area contributed by atoms with E-state index < -0.39 is 0 Å². The van der Waals surface area contributed by atoms with Crippen LogP contribution < -0.4 is 10.7 Å². The minimum atomic E-state index is -0.348. The number of rotatable bonds is 5. The van der Waals surface area contributed by atoms with Gasteiger partial charge in [0.05, 0.1) is 6.21 Å². The van der Waals surface area contributed by atoms with Gasteiger partial charge in [-0.1, -0.05) is 35.9 Å². The van der Waals surface area contributed by atoms with Crippen LogP contribution in [0.2, 0.25) is 5.02 Å². The standard InChI is InChI=1S/C23H17ClN4O2/c24-18-5-3-4-16(12-18)22(29)27-19-10-8-15(9-11-19)23(30)28-26-14-17-13-25-21-7-2-1-6-20(17)21/h1-14,25H,(H,27,29)(H,28,30)/b26-14+. The molecule has 0 atom stereocenters. The molecule has 3 aromatic carbocycles. The smallest absolute Gasteiger partial charge is 0.271 e. The van der Waals surface area contributed by atoms with E-state index in [1.807, 2.05) is 30.5 Å². The van der Waals surface area contributed by atoms with Crippen LogP contribution in [0.1, 0.15) is 26.3 Å². The van der Waals surface area contributed by atoms with Gasteiger partial charge >= 0.3 is 0 Å². The van der Waals surface area contributed by atoms with E-state index in [1.54, 1.807) is 54.7 Å². The van der Waals surface area contributed by atoms with Gasteiger partial charge in [0, 0.05) is 44.5 Å². The minimum Gasteiger partial charge on any atom is -0.361 e. The van der Waals surface area contributed by atoms with Crippen molar-refractivity contribution in [3.8, 4) is 0 Å². The number of halogens is 1. The van der Waals surface area contributed by atoms with E-state index in [0.29, 0.717) is 21.8 Å². The summed E-state index contributed by atoms with van der Waals surface area (Å²) in [5, 5.41) is 8.31. The maximum Gasteiger partial charge on any atom is 0.271 e. The number of amides is 2. The fourth-order valence-corrected chi connectivity index (χ4v) is 3.15. The number of hydrogen-bond acceptors (Lipinski definition) is 3. The molecule has 0 aliphatic rings. The Morgan fingerprint density at radius 2 is 1.70 bits per heavy atom. The highest BCUT2D eigenvalue weighted by Gasteiger charge is 2.08. The molecule has 0 unspecified atom stereocenters. The quantitative estimate of drug-likeness (QED) is 0.321. The molecule has 4 rings (SSSR count). The summed E-state index contributed by atoms with van der Waals surface area (Å²) in [6, 6.07) is 21.0. The second-order valence-electron chi connectivity index (χ2n) is 6.53. The molecule has 0 aliphatic heterocycles. The van der Waals surface area contributed by atoms with E-state index in [9.17, 15) is 9.59 Å². The summed E-state index contributed by atoms with van der Waals surface area (Å²) in [7, 11) is 0. The zero-order valence-electron chi connectivity index (χ0n) is 15.7. The molecule has 148 valence electrons. The molecule has 0 saturated carbocycles. The first kappa shape index (κ1) is 19.4. The lowest BCUT2D eigenvalue weighted by Crippen LogP contribution is -2.17. The van der Waals surface area contributed by atoms with E-state index in [2.05, 4.69) is 20.8 Å². The lowest BCUT2D eigenvalue weighted by Gasteiger charge is -2.06. The van der Waals surface area contributed by atoms with Crippen LogP contribution in [-0.2, 0) is 0 Å². The Morgan fingerprint density at radius 3 is 2.50 bits per heavy atom. The van der Waals surface area contributed by atoms with Crippen molar-refractivity contribution >= 4 is 46.2 Å². The van der Waals surface area contributed by atoms with E-state index >= 15 is 0 Å². The number of nitrogens with zero attached hydrogens (tertiary/aromatic N) is 1. The zero-order chi connectivity index (χ0) is 20.9. The maximum absolute atomic E-state index is 12.3. The number of H-pyrrole nitrogens is 1. The van der Waals surface area contributed by atoms with Gasteiger partial charge in [0.2, 0.25) is 0 Å². The van der Waals surface area contributed by atoms with E-state index in [0.717, 1.165) is 16.5 Å². The summed E-state index contributed by atoms with van der Waals surface area (Å²) in [5.41, 5.74) is 5.84. The number of carbonyl (C=O) groups excluding carboxylic acids is 2. The third-order valence-corrected chi connectivity index (χ3v) is 4.72. The average molecular weight is 417 g/mol. The third-order valence-electron chi connectivity index (χ3n) is 4.48. The van der Waals surface area contributed by atoms with Crippen LogP contribution in [0.15, 0.2) is 84.1 Å². The highest BCUT2D eigenvalue weighted by Crippen LogP contribution is 2.16. The molecule has 2 amide bonds. The van der Waals surface area contributed by atoms with Crippen molar-refractivity contribution in [3.63, 3.8) is 0 Å². The summed E-state index contributed by atoms with van der Waals surface area (Å²) >= 11 is 5.91. The maximum atomic E-state index is 12.3. The normalized spacial score (nSPS) is 11.0. The molecule has 1 heterocycles. The highest BCUT2D eigenvalue weighted by atomic mass is 35.5. The zero-order valence-corrected chi connectivity index (χ0v) is 16.5. The largest absolute Gasteiger partial charge is 0.361 e. The molecule has 3 N–H and O–H groups in total. The molecule has 0 radical (unpaired) electrons. The predicted molar refractivity (Wildman–Crippen MR) is 119 cm³/mol. The number of aromatic nitrogens is 1. The number of nitrogens with one attached hydrogen (secondary N) is 3. The first-order valence-corrected chi connectivity index (χ1v) is 9.54. The van der Waals surface area contributed by atoms with Gasteiger partial charge in [-0.3, -0.25) is 9.59 Å². The summed E-state index contributed by atoms with van der Waals surface area (Å²) in [5.74, 6) is -0.628. The summed E-state index contributed by atoms with van der Waals surface area (Å²) in [6.07, 6.45) is 3.42. The van der Waals surface area contributed by atoms with Gasteiger partial charge in [-0.05, 0) is 48.5 Å². The molecule has 0 fully saturated rings. The molecule has 0 aliphatic carbocycles. The average Bonchev–Trinajstić information content (AvgIpc) is 3.17. The van der Waals surface area contributed by atoms with Crippen molar-refractivity contribution in [3.05, 3.63) is 101 Å². The second-order valence-corrected chi connectivity index (χ2v) is 6.97. The fraction of sp³-hybridized carbons (Fsp3) is 0. The Bertz CT molecular complexity index is 1250. The predicted octanol–water partition coefficient (Wildman–Crippen LogP) is 4.84. The van der Waals surface area contributed by atoms with Crippen LogP contribution in [-0.4, -0.2) is 23.0 Å². The molecule has 1 aromatic heterocycles. The van der Waals surface area contributed by atoms with E-state index in [4.69, 9.17) is 11.6 Å². The second kappa shape index (κ2) is 8.63. The number of carbonyl (C=O) groups is 2. The van der Waals surface area contributed by atoms with Crippen molar-refractivity contribution in [1.29, 1.82) is 0 Å². The molecule has 30 heavy (non-hydrogen) atoms. The first-order valence-electron chi connectivity index (χ1n) is 9.17. The van der Waals surface area contributed by atoms with Crippen molar-refractivity contribution in [2.45, 2.75) is 0 Å².